The molecule has 1 aliphatic rings. The average Bonchev–Trinajstić information content (AvgIpc) is 3.27. The van der Waals surface area contributed by atoms with Gasteiger partial charge in [0, 0.05) is 18.0 Å². The number of para-hydroxylation sites is 1. The number of nitrogens with one attached hydrogen (secondary N) is 1. The van der Waals surface area contributed by atoms with Gasteiger partial charge in [0.1, 0.15) is 5.58 Å². The third-order valence-corrected chi connectivity index (χ3v) is 6.08. The highest BCUT2D eigenvalue weighted by atomic mass is 32.1. The second kappa shape index (κ2) is 6.61. The van der Waals surface area contributed by atoms with Crippen molar-refractivity contribution >= 4 is 38.3 Å². The van der Waals surface area contributed by atoms with Gasteiger partial charge < -0.3 is 9.73 Å². The lowest BCUT2D eigenvalue weighted by Crippen LogP contribution is -2.39. The molecule has 0 aliphatic carbocycles. The normalized spacial score (nSPS) is 18.2. The molecule has 1 unspecified atom stereocenters. The molecule has 2 aromatic heterocycles. The second-order valence-electron chi connectivity index (χ2n) is 6.37. The van der Waals surface area contributed by atoms with Crippen LogP contribution < -0.4 is 10.9 Å². The topological polar surface area (TPSA) is 62.6 Å². The first-order chi connectivity index (χ1) is 12.2. The maximum absolute atomic E-state index is 12.6. The van der Waals surface area contributed by atoms with Gasteiger partial charge in [0.05, 0.1) is 15.0 Å². The van der Waals surface area contributed by atoms with E-state index in [1.54, 1.807) is 12.1 Å². The Balaban J connectivity index is 1.61. The van der Waals surface area contributed by atoms with E-state index in [2.05, 4.69) is 17.1 Å². The average molecular weight is 356 g/mol. The lowest BCUT2D eigenvalue weighted by atomic mass is 10.2. The number of rotatable bonds is 4. The molecule has 0 radical (unpaired) electrons. The molecule has 1 atom stereocenters. The SMILES string of the molecule is CCN1CCCC1CNC(=O)c1cc2c(=O)oc3ccccc3c2s1. The first-order valence-electron chi connectivity index (χ1n) is 8.65. The lowest BCUT2D eigenvalue weighted by Gasteiger charge is -2.22. The number of amides is 1. The Labute approximate surface area is 149 Å². The Morgan fingerprint density at radius 1 is 1.36 bits per heavy atom. The number of fused-ring (bicyclic) bond motifs is 3. The molecule has 6 heteroatoms. The summed E-state index contributed by atoms with van der Waals surface area (Å²) in [6.45, 7) is 4.91. The lowest BCUT2D eigenvalue weighted by molar-refractivity contribution is 0.0945. The van der Waals surface area contributed by atoms with Gasteiger partial charge in [-0.3, -0.25) is 9.69 Å². The summed E-state index contributed by atoms with van der Waals surface area (Å²) in [7, 11) is 0. The van der Waals surface area contributed by atoms with Crippen LogP contribution >= 0.6 is 11.3 Å². The number of nitrogens with zero attached hydrogens (tertiary/aromatic N) is 1. The fourth-order valence-corrected chi connectivity index (χ4v) is 4.69. The molecule has 1 aliphatic heterocycles. The Kier molecular flexibility index (Phi) is 4.31. The number of hydrogen-bond donors (Lipinski definition) is 1. The fourth-order valence-electron chi connectivity index (χ4n) is 3.59. The van der Waals surface area contributed by atoms with Gasteiger partial charge in [0.2, 0.25) is 0 Å². The predicted molar refractivity (Wildman–Crippen MR) is 100 cm³/mol. The van der Waals surface area contributed by atoms with Crippen molar-refractivity contribution in [2.45, 2.75) is 25.8 Å². The summed E-state index contributed by atoms with van der Waals surface area (Å²) in [6.07, 6.45) is 2.30. The molecular weight excluding hydrogens is 336 g/mol. The summed E-state index contributed by atoms with van der Waals surface area (Å²) >= 11 is 1.35. The Bertz CT molecular complexity index is 991. The first kappa shape index (κ1) is 16.3. The molecule has 25 heavy (non-hydrogen) atoms. The highest BCUT2D eigenvalue weighted by Crippen LogP contribution is 2.30. The van der Waals surface area contributed by atoms with Crippen LogP contribution in [0.25, 0.3) is 21.1 Å². The van der Waals surface area contributed by atoms with Crippen LogP contribution in [0.1, 0.15) is 29.4 Å². The largest absolute Gasteiger partial charge is 0.422 e. The summed E-state index contributed by atoms with van der Waals surface area (Å²) in [5, 5.41) is 4.38. The van der Waals surface area contributed by atoms with Gasteiger partial charge in [0.25, 0.3) is 5.91 Å². The van der Waals surface area contributed by atoms with Crippen molar-refractivity contribution in [2.75, 3.05) is 19.6 Å². The zero-order chi connectivity index (χ0) is 17.4. The molecular formula is C19H20N2O3S. The monoisotopic (exact) mass is 356 g/mol. The molecule has 0 spiro atoms. The molecule has 5 nitrogen and oxygen atoms in total. The van der Waals surface area contributed by atoms with Crippen LogP contribution in [-0.4, -0.2) is 36.5 Å². The van der Waals surface area contributed by atoms with E-state index in [9.17, 15) is 9.59 Å². The number of thiophene rings is 1. The third kappa shape index (κ3) is 2.96. The summed E-state index contributed by atoms with van der Waals surface area (Å²) in [5.74, 6) is -0.118. The van der Waals surface area contributed by atoms with E-state index in [0.717, 1.165) is 29.6 Å². The van der Waals surface area contributed by atoms with Crippen LogP contribution in [0.3, 0.4) is 0 Å². The van der Waals surface area contributed by atoms with Crippen LogP contribution in [0.4, 0.5) is 0 Å². The predicted octanol–water partition coefficient (Wildman–Crippen LogP) is 3.22. The van der Waals surface area contributed by atoms with E-state index in [0.29, 0.717) is 28.4 Å². The number of carbonyl (C=O) groups is 1. The molecule has 1 aromatic carbocycles. The van der Waals surface area contributed by atoms with Gasteiger partial charge in [-0.05, 0) is 44.1 Å². The molecule has 3 aromatic rings. The third-order valence-electron chi connectivity index (χ3n) is 4.91. The second-order valence-corrected chi connectivity index (χ2v) is 7.43. The number of likely N-dealkylation sites (N-methyl/N-ethyl adjacent to an activating group) is 1. The minimum atomic E-state index is -0.392. The summed E-state index contributed by atoms with van der Waals surface area (Å²) in [5.41, 5.74) is 0.162. The van der Waals surface area contributed by atoms with Gasteiger partial charge in [-0.15, -0.1) is 11.3 Å². The standard InChI is InChI=1S/C19H20N2O3S/c1-2-21-9-5-6-12(21)11-20-18(22)16-10-14-17(25-16)13-7-3-4-8-15(13)24-19(14)23/h3-4,7-8,10,12H,2,5-6,9,11H2,1H3,(H,20,22). The van der Waals surface area contributed by atoms with E-state index in [4.69, 9.17) is 4.42 Å². The number of carbonyl (C=O) groups excluding carboxylic acids is 1. The van der Waals surface area contributed by atoms with Gasteiger partial charge in [-0.1, -0.05) is 19.1 Å². The van der Waals surface area contributed by atoms with Gasteiger partial charge in [-0.25, -0.2) is 4.79 Å². The van der Waals surface area contributed by atoms with Crippen molar-refractivity contribution in [3.63, 3.8) is 0 Å². The van der Waals surface area contributed by atoms with Crippen molar-refractivity contribution in [3.05, 3.63) is 45.6 Å². The highest BCUT2D eigenvalue weighted by Gasteiger charge is 2.24. The van der Waals surface area contributed by atoms with E-state index >= 15 is 0 Å². The maximum atomic E-state index is 12.6. The molecule has 130 valence electrons. The molecule has 1 N–H and O–H groups in total. The molecule has 1 amide bonds. The van der Waals surface area contributed by atoms with Crippen molar-refractivity contribution in [1.82, 2.24) is 10.2 Å². The van der Waals surface area contributed by atoms with Gasteiger partial charge in [0.15, 0.2) is 0 Å². The van der Waals surface area contributed by atoms with Crippen LogP contribution in [0.2, 0.25) is 0 Å². The van der Waals surface area contributed by atoms with Gasteiger partial charge >= 0.3 is 5.63 Å². The zero-order valence-electron chi connectivity index (χ0n) is 14.1. The molecule has 1 fully saturated rings. The number of benzene rings is 1. The Hall–Kier alpha value is -2.18. The van der Waals surface area contributed by atoms with Crippen LogP contribution in [0.15, 0.2) is 39.5 Å². The Morgan fingerprint density at radius 3 is 3.04 bits per heavy atom. The smallest absolute Gasteiger partial charge is 0.345 e. The summed E-state index contributed by atoms with van der Waals surface area (Å²) in [6, 6.07) is 9.49. The number of hydrogen-bond acceptors (Lipinski definition) is 5. The molecule has 3 heterocycles. The first-order valence-corrected chi connectivity index (χ1v) is 9.46. The van der Waals surface area contributed by atoms with Crippen molar-refractivity contribution in [1.29, 1.82) is 0 Å². The van der Waals surface area contributed by atoms with E-state index in [1.807, 2.05) is 18.2 Å². The van der Waals surface area contributed by atoms with E-state index < -0.39 is 5.63 Å². The molecule has 0 bridgehead atoms. The van der Waals surface area contributed by atoms with Crippen LogP contribution in [0.5, 0.6) is 0 Å². The van der Waals surface area contributed by atoms with E-state index in [-0.39, 0.29) is 5.91 Å². The summed E-state index contributed by atoms with van der Waals surface area (Å²) < 4.78 is 6.16. The van der Waals surface area contributed by atoms with E-state index in [1.165, 1.54) is 17.8 Å². The minimum absolute atomic E-state index is 0.118. The molecule has 0 saturated carbocycles. The molecule has 4 rings (SSSR count). The highest BCUT2D eigenvalue weighted by molar-refractivity contribution is 7.21. The van der Waals surface area contributed by atoms with Crippen LogP contribution in [0, 0.1) is 0 Å². The number of likely N-dealkylation sites (tertiary alicyclic amines) is 1. The van der Waals surface area contributed by atoms with Gasteiger partial charge in [-0.2, -0.15) is 0 Å². The van der Waals surface area contributed by atoms with Crippen LogP contribution in [-0.2, 0) is 0 Å². The minimum Gasteiger partial charge on any atom is -0.422 e. The molecule has 1 saturated heterocycles. The zero-order valence-corrected chi connectivity index (χ0v) is 14.9. The quantitative estimate of drug-likeness (QED) is 0.729. The summed E-state index contributed by atoms with van der Waals surface area (Å²) in [4.78, 5) is 27.7. The van der Waals surface area contributed by atoms with Crippen molar-refractivity contribution < 1.29 is 9.21 Å². The van der Waals surface area contributed by atoms with Crippen molar-refractivity contribution in [3.8, 4) is 0 Å². The fraction of sp³-hybridized carbons (Fsp3) is 0.368. The van der Waals surface area contributed by atoms with Crippen molar-refractivity contribution in [2.24, 2.45) is 0 Å². The maximum Gasteiger partial charge on any atom is 0.345 e. The Morgan fingerprint density at radius 2 is 2.20 bits per heavy atom.